The molecule has 1 N–H and O–H groups in total. The lowest BCUT2D eigenvalue weighted by Crippen LogP contribution is -2.45. The summed E-state index contributed by atoms with van der Waals surface area (Å²) in [4.78, 5) is 31.2. The third-order valence-electron chi connectivity index (χ3n) is 6.67. The van der Waals surface area contributed by atoms with Gasteiger partial charge in [-0.3, -0.25) is 9.69 Å². The number of carbonyl (C=O) groups excluding carboxylic acids is 2. The van der Waals surface area contributed by atoms with E-state index >= 15 is 4.39 Å². The maximum atomic E-state index is 15.8. The van der Waals surface area contributed by atoms with Gasteiger partial charge in [0.05, 0.1) is 34.6 Å². The molecule has 2 amide bonds. The number of fused-ring (bicyclic) bond motifs is 1. The molecule has 2 atom stereocenters. The Morgan fingerprint density at radius 2 is 1.90 bits per heavy atom. The zero-order valence-electron chi connectivity index (χ0n) is 24.3. The first kappa shape index (κ1) is 30.9. The van der Waals surface area contributed by atoms with Gasteiger partial charge in [0, 0.05) is 32.2 Å². The molecule has 8 nitrogen and oxygen atoms in total. The largest absolute Gasteiger partial charge is 0.444 e. The van der Waals surface area contributed by atoms with Crippen molar-refractivity contribution in [2.24, 2.45) is 0 Å². The van der Waals surface area contributed by atoms with Crippen molar-refractivity contribution in [1.82, 2.24) is 14.5 Å². The van der Waals surface area contributed by atoms with E-state index in [9.17, 15) is 14.0 Å². The molecule has 0 aliphatic carbocycles. The van der Waals surface area contributed by atoms with E-state index < -0.39 is 43.7 Å². The Labute approximate surface area is 245 Å². The molecule has 0 radical (unpaired) electrons. The number of hydrogen-bond acceptors (Lipinski definition) is 5. The minimum absolute atomic E-state index is 0.113. The van der Waals surface area contributed by atoms with Crippen molar-refractivity contribution in [2.75, 3.05) is 18.5 Å². The third kappa shape index (κ3) is 7.44. The van der Waals surface area contributed by atoms with Crippen LogP contribution in [0.1, 0.15) is 27.2 Å². The van der Waals surface area contributed by atoms with Crippen LogP contribution in [0.5, 0.6) is 0 Å². The zero-order chi connectivity index (χ0) is 30.1. The second-order valence-electron chi connectivity index (χ2n) is 12.5. The predicted molar refractivity (Wildman–Crippen MR) is 159 cm³/mol. The molecule has 222 valence electrons. The van der Waals surface area contributed by atoms with Gasteiger partial charge in [0.2, 0.25) is 5.91 Å². The molecule has 0 spiro atoms. The molecule has 2 heterocycles. The van der Waals surface area contributed by atoms with E-state index in [-0.39, 0.29) is 30.9 Å². The SMILES string of the molecule is CC(C)(C)OC(=O)N1C[C@H](F)C[C@H]1C(=O)Nc1cccc(-c2ccc3ncn(COCC[Si](C)(C)C)c3c2Cl)c1F. The van der Waals surface area contributed by atoms with E-state index in [4.69, 9.17) is 21.1 Å². The third-order valence-corrected chi connectivity index (χ3v) is 8.76. The molecule has 0 bridgehead atoms. The lowest BCUT2D eigenvalue weighted by molar-refractivity contribution is -0.120. The summed E-state index contributed by atoms with van der Waals surface area (Å²) in [5.41, 5.74) is 0.902. The number of aromatic nitrogens is 2. The first-order chi connectivity index (χ1) is 19.1. The second-order valence-corrected chi connectivity index (χ2v) is 18.5. The van der Waals surface area contributed by atoms with Gasteiger partial charge in [0.25, 0.3) is 0 Å². The monoisotopic (exact) mass is 606 g/mol. The molecule has 0 saturated carbocycles. The van der Waals surface area contributed by atoms with E-state index in [2.05, 4.69) is 29.9 Å². The van der Waals surface area contributed by atoms with Gasteiger partial charge in [-0.25, -0.2) is 18.6 Å². The van der Waals surface area contributed by atoms with Gasteiger partial charge in [-0.2, -0.15) is 0 Å². The van der Waals surface area contributed by atoms with E-state index in [0.717, 1.165) is 10.9 Å². The van der Waals surface area contributed by atoms with Crippen molar-refractivity contribution in [3.63, 3.8) is 0 Å². The standard InChI is InChI=1S/C29H37ClF2N4O4Si/c1-29(2,3)40-28(38)36-15-18(31)14-23(36)27(37)34-21-9-7-8-20(25(21)32)19-10-11-22-26(24(19)30)35(16-33-22)17-39-12-13-41(4,5)6/h7-11,16,18,23H,12-15,17H2,1-6H3,(H,34,37)/t18-,23+/m1/s1. The highest BCUT2D eigenvalue weighted by Gasteiger charge is 2.42. The second kappa shape index (κ2) is 12.1. The van der Waals surface area contributed by atoms with Crippen LogP contribution in [0.4, 0.5) is 19.3 Å². The number of hydrogen-bond donors (Lipinski definition) is 1. The average molecular weight is 607 g/mol. The Morgan fingerprint density at radius 1 is 1.17 bits per heavy atom. The van der Waals surface area contributed by atoms with Crippen molar-refractivity contribution < 1.29 is 27.8 Å². The number of rotatable bonds is 8. The van der Waals surface area contributed by atoms with Crippen LogP contribution in [0.15, 0.2) is 36.7 Å². The molecule has 1 aliphatic rings. The Hall–Kier alpha value is -3.02. The predicted octanol–water partition coefficient (Wildman–Crippen LogP) is 7.09. The molecule has 2 aromatic carbocycles. The molecule has 4 rings (SSSR count). The fraction of sp³-hybridized carbons (Fsp3) is 0.483. The van der Waals surface area contributed by atoms with E-state index in [1.807, 2.05) is 0 Å². The van der Waals surface area contributed by atoms with E-state index in [1.54, 1.807) is 55.9 Å². The maximum absolute atomic E-state index is 15.8. The maximum Gasteiger partial charge on any atom is 0.411 e. The number of halogens is 3. The Morgan fingerprint density at radius 3 is 2.59 bits per heavy atom. The molecular weight excluding hydrogens is 570 g/mol. The molecule has 1 fully saturated rings. The number of amides is 2. The Bertz CT molecular complexity index is 1440. The number of ether oxygens (including phenoxy) is 2. The number of imidazole rings is 1. The number of nitrogens with zero attached hydrogens (tertiary/aromatic N) is 3. The van der Waals surface area contributed by atoms with Gasteiger partial charge in [0.15, 0.2) is 5.82 Å². The highest BCUT2D eigenvalue weighted by Crippen LogP contribution is 2.37. The number of benzene rings is 2. The van der Waals surface area contributed by atoms with Gasteiger partial charge in [0.1, 0.15) is 24.5 Å². The van der Waals surface area contributed by atoms with Crippen molar-refractivity contribution >= 4 is 48.4 Å². The first-order valence-corrected chi connectivity index (χ1v) is 17.7. The van der Waals surface area contributed by atoms with Gasteiger partial charge in [-0.1, -0.05) is 49.4 Å². The fourth-order valence-electron chi connectivity index (χ4n) is 4.58. The molecule has 1 aromatic heterocycles. The summed E-state index contributed by atoms with van der Waals surface area (Å²) in [6.07, 6.45) is -0.769. The first-order valence-electron chi connectivity index (χ1n) is 13.6. The quantitative estimate of drug-likeness (QED) is 0.218. The highest BCUT2D eigenvalue weighted by molar-refractivity contribution is 6.76. The van der Waals surface area contributed by atoms with E-state index in [0.29, 0.717) is 28.2 Å². The van der Waals surface area contributed by atoms with Crippen LogP contribution < -0.4 is 5.32 Å². The highest BCUT2D eigenvalue weighted by atomic mass is 35.5. The number of anilines is 1. The van der Waals surface area contributed by atoms with Crippen molar-refractivity contribution in [1.29, 1.82) is 0 Å². The summed E-state index contributed by atoms with van der Waals surface area (Å²) >= 11 is 6.80. The number of nitrogens with one attached hydrogen (secondary N) is 1. The lowest BCUT2D eigenvalue weighted by Gasteiger charge is -2.27. The number of carbonyl (C=O) groups is 2. The van der Waals surface area contributed by atoms with Crippen molar-refractivity contribution in [2.45, 2.75) is 77.4 Å². The van der Waals surface area contributed by atoms with Crippen LogP contribution in [0, 0.1) is 5.82 Å². The van der Waals surface area contributed by atoms with Gasteiger partial charge in [-0.05, 0) is 38.9 Å². The van der Waals surface area contributed by atoms with Crippen molar-refractivity contribution in [3.8, 4) is 11.1 Å². The minimum Gasteiger partial charge on any atom is -0.444 e. The van der Waals surface area contributed by atoms with E-state index in [1.165, 1.54) is 6.07 Å². The summed E-state index contributed by atoms with van der Waals surface area (Å²) < 4.78 is 43.1. The minimum atomic E-state index is -1.40. The van der Waals surface area contributed by atoms with Crippen LogP contribution in [-0.4, -0.2) is 65.5 Å². The van der Waals surface area contributed by atoms with Crippen LogP contribution in [0.3, 0.4) is 0 Å². The summed E-state index contributed by atoms with van der Waals surface area (Å²) in [5.74, 6) is -1.42. The summed E-state index contributed by atoms with van der Waals surface area (Å²) in [5, 5.41) is 2.83. The topological polar surface area (TPSA) is 85.7 Å². The molecule has 41 heavy (non-hydrogen) atoms. The average Bonchev–Trinajstić information content (AvgIpc) is 3.46. The van der Waals surface area contributed by atoms with Gasteiger partial charge < -0.3 is 19.4 Å². The fourth-order valence-corrected chi connectivity index (χ4v) is 5.70. The Kier molecular flexibility index (Phi) is 9.10. The molecular formula is C29H37ClF2N4O4Si. The van der Waals surface area contributed by atoms with Gasteiger partial charge in [-0.15, -0.1) is 0 Å². The molecule has 1 aliphatic heterocycles. The number of likely N-dealkylation sites (tertiary alicyclic amines) is 1. The van der Waals surface area contributed by atoms with Crippen LogP contribution in [0.2, 0.25) is 30.7 Å². The summed E-state index contributed by atoms with van der Waals surface area (Å²) in [6.45, 7) is 12.5. The van der Waals surface area contributed by atoms with Gasteiger partial charge >= 0.3 is 6.09 Å². The molecule has 1 saturated heterocycles. The molecule has 12 heteroatoms. The normalized spacial score (nSPS) is 17.7. The molecule has 0 unspecified atom stereocenters. The summed E-state index contributed by atoms with van der Waals surface area (Å²) in [7, 11) is -1.24. The number of alkyl halides is 1. The van der Waals surface area contributed by atoms with Crippen molar-refractivity contribution in [3.05, 3.63) is 47.5 Å². The lowest BCUT2D eigenvalue weighted by atomic mass is 10.0. The Balaban J connectivity index is 1.56. The molecule has 3 aromatic rings. The smallest absolute Gasteiger partial charge is 0.411 e. The van der Waals surface area contributed by atoms with Crippen LogP contribution >= 0.6 is 11.6 Å². The zero-order valence-corrected chi connectivity index (χ0v) is 26.0. The summed E-state index contributed by atoms with van der Waals surface area (Å²) in [6, 6.07) is 7.85. The van der Waals surface area contributed by atoms with Crippen LogP contribution in [0.25, 0.3) is 22.2 Å². The van der Waals surface area contributed by atoms with Crippen LogP contribution in [-0.2, 0) is 21.0 Å².